The first-order valence-electron chi connectivity index (χ1n) is 5.53. The summed E-state index contributed by atoms with van der Waals surface area (Å²) in [6.07, 6.45) is 0. The van der Waals surface area contributed by atoms with Gasteiger partial charge in [-0.15, -0.1) is 0 Å². The van der Waals surface area contributed by atoms with Crippen molar-refractivity contribution in [2.24, 2.45) is 17.6 Å². The number of rotatable bonds is 3. The Labute approximate surface area is 87.3 Å². The van der Waals surface area contributed by atoms with Gasteiger partial charge in [0, 0.05) is 25.7 Å². The molecule has 3 atom stereocenters. The van der Waals surface area contributed by atoms with E-state index < -0.39 is 5.60 Å². The van der Waals surface area contributed by atoms with Gasteiger partial charge < -0.3 is 10.8 Å². The summed E-state index contributed by atoms with van der Waals surface area (Å²) < 4.78 is 0. The number of β-amino-alcohol motifs (C(OH)–C–C–N with tert-alkyl or cyclic N) is 1. The molecule has 0 radical (unpaired) electrons. The highest BCUT2D eigenvalue weighted by molar-refractivity contribution is 4.89. The lowest BCUT2D eigenvalue weighted by molar-refractivity contribution is -0.0143. The lowest BCUT2D eigenvalue weighted by Gasteiger charge is -2.32. The van der Waals surface area contributed by atoms with Crippen molar-refractivity contribution in [2.45, 2.75) is 39.3 Å². The topological polar surface area (TPSA) is 49.5 Å². The molecule has 0 aromatic rings. The first-order valence-corrected chi connectivity index (χ1v) is 5.53. The molecule has 1 fully saturated rings. The van der Waals surface area contributed by atoms with E-state index in [-0.39, 0.29) is 12.0 Å². The summed E-state index contributed by atoms with van der Waals surface area (Å²) in [4.78, 5) is 2.27. The minimum Gasteiger partial charge on any atom is -0.389 e. The van der Waals surface area contributed by atoms with Crippen LogP contribution in [0.15, 0.2) is 0 Å². The molecule has 0 amide bonds. The van der Waals surface area contributed by atoms with Gasteiger partial charge in [-0.2, -0.15) is 0 Å². The van der Waals surface area contributed by atoms with E-state index >= 15 is 0 Å². The van der Waals surface area contributed by atoms with Crippen LogP contribution < -0.4 is 5.73 Å². The molecule has 84 valence electrons. The third kappa shape index (κ3) is 2.69. The zero-order chi connectivity index (χ0) is 10.9. The summed E-state index contributed by atoms with van der Waals surface area (Å²) in [5.41, 5.74) is 5.35. The van der Waals surface area contributed by atoms with Gasteiger partial charge in [0.25, 0.3) is 0 Å². The van der Waals surface area contributed by atoms with E-state index in [2.05, 4.69) is 25.7 Å². The van der Waals surface area contributed by atoms with Crippen LogP contribution in [0.3, 0.4) is 0 Å². The summed E-state index contributed by atoms with van der Waals surface area (Å²) in [6.45, 7) is 10.9. The molecule has 0 saturated carbocycles. The molecule has 1 rings (SSSR count). The van der Waals surface area contributed by atoms with Crippen LogP contribution in [-0.2, 0) is 0 Å². The lowest BCUT2D eigenvalue weighted by atomic mass is 9.92. The van der Waals surface area contributed by atoms with E-state index in [0.29, 0.717) is 5.92 Å². The van der Waals surface area contributed by atoms with Crippen LogP contribution in [0.5, 0.6) is 0 Å². The number of nitrogens with zero attached hydrogens (tertiary/aromatic N) is 1. The fourth-order valence-electron chi connectivity index (χ4n) is 1.86. The third-order valence-electron chi connectivity index (χ3n) is 3.53. The van der Waals surface area contributed by atoms with E-state index in [1.807, 2.05) is 6.92 Å². The molecule has 3 N–H and O–H groups in total. The Balaban J connectivity index is 2.46. The second-order valence-electron chi connectivity index (χ2n) is 5.35. The highest BCUT2D eigenvalue weighted by atomic mass is 16.3. The average molecular weight is 200 g/mol. The van der Waals surface area contributed by atoms with Gasteiger partial charge in [-0.05, 0) is 18.8 Å². The molecular weight excluding hydrogens is 176 g/mol. The van der Waals surface area contributed by atoms with Crippen molar-refractivity contribution in [3.05, 3.63) is 0 Å². The van der Waals surface area contributed by atoms with E-state index in [1.165, 1.54) is 0 Å². The number of likely N-dealkylation sites (tertiary alicyclic amines) is 1. The average Bonchev–Trinajstić information content (AvgIpc) is 2.29. The number of hydrogen-bond acceptors (Lipinski definition) is 3. The zero-order valence-electron chi connectivity index (χ0n) is 9.83. The second kappa shape index (κ2) is 4.17. The summed E-state index contributed by atoms with van der Waals surface area (Å²) in [5.74, 6) is 0.840. The molecule has 3 nitrogen and oxygen atoms in total. The number of aliphatic hydroxyl groups is 1. The van der Waals surface area contributed by atoms with Crippen LogP contribution in [0.1, 0.15) is 27.7 Å². The SMILES string of the molecule is CC1CN(CC(C)(O)C(C)C)CC1N. The maximum absolute atomic E-state index is 10.1. The monoisotopic (exact) mass is 200 g/mol. The summed E-state index contributed by atoms with van der Waals surface area (Å²) in [5, 5.41) is 10.1. The predicted octanol–water partition coefficient (Wildman–Crippen LogP) is 0.672. The minimum atomic E-state index is -0.593. The molecule has 1 aliphatic rings. The molecule has 0 aromatic heterocycles. The highest BCUT2D eigenvalue weighted by Gasteiger charge is 2.33. The third-order valence-corrected chi connectivity index (χ3v) is 3.53. The second-order valence-corrected chi connectivity index (χ2v) is 5.35. The fraction of sp³-hybridized carbons (Fsp3) is 1.00. The molecular formula is C11H24N2O. The number of hydrogen-bond donors (Lipinski definition) is 2. The van der Waals surface area contributed by atoms with Crippen molar-refractivity contribution in [1.82, 2.24) is 4.90 Å². The lowest BCUT2D eigenvalue weighted by Crippen LogP contribution is -2.44. The molecule has 3 unspecified atom stereocenters. The Morgan fingerprint density at radius 3 is 2.43 bits per heavy atom. The molecule has 14 heavy (non-hydrogen) atoms. The Morgan fingerprint density at radius 1 is 1.50 bits per heavy atom. The van der Waals surface area contributed by atoms with Crippen molar-refractivity contribution in [1.29, 1.82) is 0 Å². The minimum absolute atomic E-state index is 0.276. The fourth-order valence-corrected chi connectivity index (χ4v) is 1.86. The van der Waals surface area contributed by atoms with Crippen molar-refractivity contribution >= 4 is 0 Å². The Hall–Kier alpha value is -0.120. The van der Waals surface area contributed by atoms with Gasteiger partial charge in [-0.25, -0.2) is 0 Å². The molecule has 0 spiro atoms. The van der Waals surface area contributed by atoms with E-state index in [9.17, 15) is 5.11 Å². The van der Waals surface area contributed by atoms with E-state index in [4.69, 9.17) is 5.73 Å². The first kappa shape index (κ1) is 12.0. The van der Waals surface area contributed by atoms with Gasteiger partial charge in [-0.1, -0.05) is 20.8 Å². The van der Waals surface area contributed by atoms with Crippen LogP contribution in [0, 0.1) is 11.8 Å². The molecule has 1 aliphatic heterocycles. The van der Waals surface area contributed by atoms with Crippen molar-refractivity contribution in [3.8, 4) is 0 Å². The van der Waals surface area contributed by atoms with Gasteiger partial charge in [-0.3, -0.25) is 4.90 Å². The van der Waals surface area contributed by atoms with Gasteiger partial charge >= 0.3 is 0 Å². The Bertz CT molecular complexity index is 182. The van der Waals surface area contributed by atoms with Crippen LogP contribution in [0.2, 0.25) is 0 Å². The molecule has 0 aliphatic carbocycles. The molecule has 1 heterocycles. The Morgan fingerprint density at radius 2 is 2.07 bits per heavy atom. The quantitative estimate of drug-likeness (QED) is 0.704. The van der Waals surface area contributed by atoms with Gasteiger partial charge in [0.15, 0.2) is 0 Å². The van der Waals surface area contributed by atoms with Crippen LogP contribution in [0.4, 0.5) is 0 Å². The molecule has 0 aromatic carbocycles. The van der Waals surface area contributed by atoms with Crippen LogP contribution in [-0.4, -0.2) is 41.3 Å². The van der Waals surface area contributed by atoms with Crippen molar-refractivity contribution in [3.63, 3.8) is 0 Å². The van der Waals surface area contributed by atoms with Crippen molar-refractivity contribution < 1.29 is 5.11 Å². The Kier molecular flexibility index (Phi) is 3.56. The summed E-state index contributed by atoms with van der Waals surface area (Å²) in [6, 6.07) is 0.276. The standard InChI is InChI=1S/C11H24N2O/c1-8(2)11(4,14)7-13-5-9(3)10(12)6-13/h8-10,14H,5-7,12H2,1-4H3. The normalized spacial score (nSPS) is 33.6. The maximum atomic E-state index is 10.1. The summed E-state index contributed by atoms with van der Waals surface area (Å²) in [7, 11) is 0. The van der Waals surface area contributed by atoms with Crippen LogP contribution >= 0.6 is 0 Å². The van der Waals surface area contributed by atoms with E-state index in [0.717, 1.165) is 19.6 Å². The maximum Gasteiger partial charge on any atom is 0.0768 e. The van der Waals surface area contributed by atoms with Gasteiger partial charge in [0.2, 0.25) is 0 Å². The number of nitrogens with two attached hydrogens (primary N) is 1. The molecule has 3 heteroatoms. The first-order chi connectivity index (χ1) is 6.33. The highest BCUT2D eigenvalue weighted by Crippen LogP contribution is 2.22. The summed E-state index contributed by atoms with van der Waals surface area (Å²) >= 11 is 0. The van der Waals surface area contributed by atoms with Crippen LogP contribution in [0.25, 0.3) is 0 Å². The predicted molar refractivity (Wildman–Crippen MR) is 59.0 cm³/mol. The molecule has 1 saturated heterocycles. The van der Waals surface area contributed by atoms with E-state index in [1.54, 1.807) is 0 Å². The zero-order valence-corrected chi connectivity index (χ0v) is 9.83. The largest absolute Gasteiger partial charge is 0.389 e. The van der Waals surface area contributed by atoms with Crippen molar-refractivity contribution in [2.75, 3.05) is 19.6 Å². The molecule has 0 bridgehead atoms. The van der Waals surface area contributed by atoms with Gasteiger partial charge in [0.1, 0.15) is 0 Å². The van der Waals surface area contributed by atoms with Gasteiger partial charge in [0.05, 0.1) is 5.60 Å². The smallest absolute Gasteiger partial charge is 0.0768 e.